The fourth-order valence-corrected chi connectivity index (χ4v) is 1.60. The minimum atomic E-state index is -1.24. The lowest BCUT2D eigenvalue weighted by molar-refractivity contribution is -0.142. The van der Waals surface area contributed by atoms with Gasteiger partial charge in [0, 0.05) is 18.3 Å². The fourth-order valence-electron chi connectivity index (χ4n) is 1.60. The van der Waals surface area contributed by atoms with E-state index in [-0.39, 0.29) is 0 Å². The van der Waals surface area contributed by atoms with Crippen LogP contribution in [-0.4, -0.2) is 51.5 Å². The number of nitrogens with zero attached hydrogens (tertiary/aromatic N) is 2. The van der Waals surface area contributed by atoms with Crippen molar-refractivity contribution >= 4 is 5.97 Å². The maximum absolute atomic E-state index is 11.4. The van der Waals surface area contributed by atoms with Gasteiger partial charge in [-0.25, -0.2) is 4.79 Å². The van der Waals surface area contributed by atoms with E-state index in [1.807, 2.05) is 0 Å². The SMILES string of the molecule is CN(C)Cc1cc(=O)c(O)cn1C(CO)C(=O)O. The first-order chi connectivity index (χ1) is 8.36. The Morgan fingerprint density at radius 1 is 1.50 bits per heavy atom. The molecule has 0 spiro atoms. The quantitative estimate of drug-likeness (QED) is 0.639. The zero-order chi connectivity index (χ0) is 13.9. The Bertz CT molecular complexity index is 495. The minimum Gasteiger partial charge on any atom is -0.503 e. The van der Waals surface area contributed by atoms with Gasteiger partial charge >= 0.3 is 5.97 Å². The minimum absolute atomic E-state index is 0.319. The average molecular weight is 256 g/mol. The molecule has 1 atom stereocenters. The Kier molecular flexibility index (Phi) is 4.46. The Labute approximate surface area is 104 Å². The van der Waals surface area contributed by atoms with Gasteiger partial charge < -0.3 is 24.8 Å². The first-order valence-corrected chi connectivity index (χ1v) is 5.29. The van der Waals surface area contributed by atoms with E-state index < -0.39 is 29.8 Å². The second-order valence-corrected chi connectivity index (χ2v) is 4.20. The monoisotopic (exact) mass is 256 g/mol. The molecule has 0 saturated carbocycles. The van der Waals surface area contributed by atoms with Gasteiger partial charge in [0.1, 0.15) is 0 Å². The molecule has 0 saturated heterocycles. The van der Waals surface area contributed by atoms with Crippen LogP contribution in [0, 0.1) is 0 Å². The van der Waals surface area contributed by atoms with Crippen LogP contribution < -0.4 is 5.43 Å². The molecule has 0 radical (unpaired) electrons. The van der Waals surface area contributed by atoms with Crippen LogP contribution >= 0.6 is 0 Å². The summed E-state index contributed by atoms with van der Waals surface area (Å²) in [6.07, 6.45) is 1.04. The molecular weight excluding hydrogens is 240 g/mol. The van der Waals surface area contributed by atoms with Crippen LogP contribution in [0.25, 0.3) is 0 Å². The van der Waals surface area contributed by atoms with Gasteiger partial charge in [-0.3, -0.25) is 4.79 Å². The molecule has 0 aliphatic rings. The van der Waals surface area contributed by atoms with E-state index in [0.29, 0.717) is 12.2 Å². The summed E-state index contributed by atoms with van der Waals surface area (Å²) >= 11 is 0. The van der Waals surface area contributed by atoms with Crippen molar-refractivity contribution in [2.24, 2.45) is 0 Å². The number of carboxylic acid groups (broad SMARTS) is 1. The van der Waals surface area contributed by atoms with E-state index in [2.05, 4.69) is 0 Å². The summed E-state index contributed by atoms with van der Waals surface area (Å²) in [6.45, 7) is -0.308. The Morgan fingerprint density at radius 2 is 2.11 bits per heavy atom. The number of carboxylic acids is 1. The molecule has 0 aliphatic carbocycles. The molecule has 1 aromatic heterocycles. The van der Waals surface area contributed by atoms with Crippen LogP contribution in [0.4, 0.5) is 0 Å². The molecule has 0 aromatic carbocycles. The van der Waals surface area contributed by atoms with Crippen molar-refractivity contribution < 1.29 is 20.1 Å². The molecule has 0 aliphatic heterocycles. The number of aromatic nitrogens is 1. The third-order valence-electron chi connectivity index (χ3n) is 2.42. The predicted molar refractivity (Wildman–Crippen MR) is 63.5 cm³/mol. The zero-order valence-electron chi connectivity index (χ0n) is 10.2. The van der Waals surface area contributed by atoms with Crippen LogP contribution in [0.2, 0.25) is 0 Å². The Morgan fingerprint density at radius 3 is 2.56 bits per heavy atom. The molecule has 18 heavy (non-hydrogen) atoms. The summed E-state index contributed by atoms with van der Waals surface area (Å²) in [4.78, 5) is 24.1. The van der Waals surface area contributed by atoms with Gasteiger partial charge in [0.2, 0.25) is 5.43 Å². The van der Waals surface area contributed by atoms with Crippen molar-refractivity contribution in [2.45, 2.75) is 12.6 Å². The van der Waals surface area contributed by atoms with Crippen molar-refractivity contribution in [1.82, 2.24) is 9.47 Å². The van der Waals surface area contributed by atoms with Gasteiger partial charge in [0.05, 0.1) is 12.8 Å². The highest BCUT2D eigenvalue weighted by Gasteiger charge is 2.21. The van der Waals surface area contributed by atoms with Crippen molar-refractivity contribution in [2.75, 3.05) is 20.7 Å². The molecule has 1 aromatic rings. The standard InChI is InChI=1S/C11H16N2O5/c1-12(2)4-7-3-9(15)10(16)5-13(7)8(6-14)11(17)18/h3,5,8,14,16H,4,6H2,1-2H3,(H,17,18). The molecule has 3 N–H and O–H groups in total. The third kappa shape index (κ3) is 3.08. The Hall–Kier alpha value is -1.86. The van der Waals surface area contributed by atoms with Gasteiger partial charge in [0.15, 0.2) is 11.8 Å². The topological polar surface area (TPSA) is 103 Å². The third-order valence-corrected chi connectivity index (χ3v) is 2.42. The van der Waals surface area contributed by atoms with E-state index >= 15 is 0 Å². The van der Waals surface area contributed by atoms with E-state index in [4.69, 9.17) is 10.2 Å². The van der Waals surface area contributed by atoms with Gasteiger partial charge in [-0.2, -0.15) is 0 Å². The van der Waals surface area contributed by atoms with Crippen molar-refractivity contribution in [3.05, 3.63) is 28.2 Å². The number of hydrogen-bond acceptors (Lipinski definition) is 5. The van der Waals surface area contributed by atoms with E-state index in [0.717, 1.165) is 6.20 Å². The number of aromatic hydroxyl groups is 1. The summed E-state index contributed by atoms with van der Waals surface area (Å²) in [6, 6.07) is -0.0625. The van der Waals surface area contributed by atoms with Crippen molar-refractivity contribution in [3.63, 3.8) is 0 Å². The lowest BCUT2D eigenvalue weighted by atomic mass is 10.2. The van der Waals surface area contributed by atoms with Crippen LogP contribution in [0.1, 0.15) is 11.7 Å². The number of aliphatic hydroxyl groups excluding tert-OH is 1. The number of aliphatic carboxylic acids is 1. The van der Waals surface area contributed by atoms with Crippen LogP contribution in [-0.2, 0) is 11.3 Å². The highest BCUT2D eigenvalue weighted by Crippen LogP contribution is 2.14. The summed E-state index contributed by atoms with van der Waals surface area (Å²) in [5.74, 6) is -1.78. The number of pyridine rings is 1. The smallest absolute Gasteiger partial charge is 0.329 e. The van der Waals surface area contributed by atoms with E-state index in [9.17, 15) is 14.7 Å². The molecular formula is C11H16N2O5. The predicted octanol–water partition coefficient (Wildman–Crippen LogP) is -0.767. The molecule has 1 rings (SSSR count). The molecule has 7 nitrogen and oxygen atoms in total. The van der Waals surface area contributed by atoms with Crippen LogP contribution in [0.15, 0.2) is 17.1 Å². The molecule has 1 unspecified atom stereocenters. The lowest BCUT2D eigenvalue weighted by Gasteiger charge is -2.21. The average Bonchev–Trinajstić information content (AvgIpc) is 2.24. The number of rotatable bonds is 5. The Balaban J connectivity index is 3.34. The van der Waals surface area contributed by atoms with Crippen molar-refractivity contribution in [3.8, 4) is 5.75 Å². The maximum atomic E-state index is 11.4. The van der Waals surface area contributed by atoms with Gasteiger partial charge in [-0.05, 0) is 14.1 Å². The second-order valence-electron chi connectivity index (χ2n) is 4.20. The highest BCUT2D eigenvalue weighted by atomic mass is 16.4. The van der Waals surface area contributed by atoms with Gasteiger partial charge in [0.25, 0.3) is 0 Å². The first kappa shape index (κ1) is 14.2. The van der Waals surface area contributed by atoms with E-state index in [1.165, 1.54) is 10.6 Å². The molecule has 0 bridgehead atoms. The largest absolute Gasteiger partial charge is 0.503 e. The molecule has 7 heteroatoms. The summed E-state index contributed by atoms with van der Waals surface area (Å²) in [5, 5.41) is 27.4. The zero-order valence-corrected chi connectivity index (χ0v) is 10.2. The summed E-state index contributed by atoms with van der Waals surface area (Å²) < 4.78 is 1.19. The molecule has 100 valence electrons. The molecule has 1 heterocycles. The van der Waals surface area contributed by atoms with E-state index in [1.54, 1.807) is 19.0 Å². The van der Waals surface area contributed by atoms with Gasteiger partial charge in [-0.1, -0.05) is 0 Å². The van der Waals surface area contributed by atoms with Crippen molar-refractivity contribution in [1.29, 1.82) is 0 Å². The lowest BCUT2D eigenvalue weighted by Crippen LogP contribution is -2.28. The maximum Gasteiger partial charge on any atom is 0.329 e. The summed E-state index contributed by atoms with van der Waals surface area (Å²) in [7, 11) is 3.52. The van der Waals surface area contributed by atoms with Crippen LogP contribution in [0.5, 0.6) is 5.75 Å². The molecule has 0 amide bonds. The normalized spacial score (nSPS) is 12.7. The molecule has 0 fully saturated rings. The number of carbonyl (C=O) groups is 1. The number of hydrogen-bond donors (Lipinski definition) is 3. The number of aliphatic hydroxyl groups is 1. The summed E-state index contributed by atoms with van der Waals surface area (Å²) in [5.41, 5.74) is -0.172. The fraction of sp³-hybridized carbons (Fsp3) is 0.455. The van der Waals surface area contributed by atoms with Crippen LogP contribution in [0.3, 0.4) is 0 Å². The first-order valence-electron chi connectivity index (χ1n) is 5.29. The highest BCUT2D eigenvalue weighted by molar-refractivity contribution is 5.72. The second kappa shape index (κ2) is 5.65. The van der Waals surface area contributed by atoms with Gasteiger partial charge in [-0.15, -0.1) is 0 Å².